The standard InChI is InChI=1S/C19H21NO4S2/c1-3-5-9-14(18(22)23)20-17(21)16(26-19(20)25)12-13-8-6-7-10-15(13)24-11-4-2/h4,6-8,10,12,14H,2-3,5,9,11H2,1H3,(H,22,23)/p-1/b16-12-/t14-/m0/s1. The van der Waals surface area contributed by atoms with Gasteiger partial charge in [-0.2, -0.15) is 0 Å². The highest BCUT2D eigenvalue weighted by Gasteiger charge is 2.37. The summed E-state index contributed by atoms with van der Waals surface area (Å²) in [5, 5.41) is 11.5. The highest BCUT2D eigenvalue weighted by Crippen LogP contribution is 2.36. The zero-order valence-corrected chi connectivity index (χ0v) is 16.1. The molecule has 1 fully saturated rings. The largest absolute Gasteiger partial charge is 0.548 e. The third-order valence-electron chi connectivity index (χ3n) is 3.80. The molecular weight excluding hydrogens is 370 g/mol. The number of carbonyl (C=O) groups excluding carboxylic acids is 2. The van der Waals surface area contributed by atoms with Gasteiger partial charge in [0.2, 0.25) is 0 Å². The molecule has 7 heteroatoms. The average molecular weight is 391 g/mol. The van der Waals surface area contributed by atoms with Crippen LogP contribution >= 0.6 is 24.0 Å². The normalized spacial score (nSPS) is 16.8. The van der Waals surface area contributed by atoms with Gasteiger partial charge < -0.3 is 14.6 Å². The molecule has 5 nitrogen and oxygen atoms in total. The van der Waals surface area contributed by atoms with E-state index in [1.807, 2.05) is 25.1 Å². The van der Waals surface area contributed by atoms with Gasteiger partial charge in [-0.05, 0) is 18.6 Å². The Kier molecular flexibility index (Phi) is 7.41. The second kappa shape index (κ2) is 9.54. The van der Waals surface area contributed by atoms with Gasteiger partial charge in [-0.3, -0.25) is 9.69 Å². The number of hydrogen-bond donors (Lipinski definition) is 0. The summed E-state index contributed by atoms with van der Waals surface area (Å²) in [5.74, 6) is -1.09. The van der Waals surface area contributed by atoms with E-state index in [2.05, 4.69) is 6.58 Å². The predicted molar refractivity (Wildman–Crippen MR) is 105 cm³/mol. The summed E-state index contributed by atoms with van der Waals surface area (Å²) in [4.78, 5) is 25.8. The molecule has 2 rings (SSSR count). The van der Waals surface area contributed by atoms with Crippen molar-refractivity contribution in [3.8, 4) is 5.75 Å². The number of carbonyl (C=O) groups is 2. The molecule has 0 unspecified atom stereocenters. The van der Waals surface area contributed by atoms with E-state index in [4.69, 9.17) is 17.0 Å². The van der Waals surface area contributed by atoms with E-state index in [9.17, 15) is 14.7 Å². The van der Waals surface area contributed by atoms with E-state index in [0.29, 0.717) is 35.7 Å². The number of nitrogens with zero attached hydrogens (tertiary/aromatic N) is 1. The number of thioether (sulfide) groups is 1. The Morgan fingerprint density at radius 2 is 2.19 bits per heavy atom. The van der Waals surface area contributed by atoms with Gasteiger partial charge in [0, 0.05) is 5.56 Å². The van der Waals surface area contributed by atoms with Crippen molar-refractivity contribution in [1.82, 2.24) is 4.90 Å². The van der Waals surface area contributed by atoms with Crippen LogP contribution in [0.3, 0.4) is 0 Å². The summed E-state index contributed by atoms with van der Waals surface area (Å²) in [6.07, 6.45) is 5.12. The summed E-state index contributed by atoms with van der Waals surface area (Å²) >= 11 is 6.34. The Morgan fingerprint density at radius 3 is 2.85 bits per heavy atom. The van der Waals surface area contributed by atoms with E-state index < -0.39 is 17.9 Å². The van der Waals surface area contributed by atoms with Gasteiger partial charge in [0.1, 0.15) is 16.7 Å². The number of unbranched alkanes of at least 4 members (excludes halogenated alkanes) is 1. The van der Waals surface area contributed by atoms with Crippen LogP contribution in [0.1, 0.15) is 31.7 Å². The lowest BCUT2D eigenvalue weighted by molar-refractivity contribution is -0.310. The first-order chi connectivity index (χ1) is 12.5. The van der Waals surface area contributed by atoms with Crippen LogP contribution in [0.15, 0.2) is 41.8 Å². The monoisotopic (exact) mass is 390 g/mol. The number of ether oxygens (including phenoxy) is 1. The number of amides is 1. The van der Waals surface area contributed by atoms with Crippen LogP contribution in [0.2, 0.25) is 0 Å². The molecular formula is C19H20NO4S2-. The highest BCUT2D eigenvalue weighted by atomic mass is 32.2. The molecule has 0 aromatic heterocycles. The smallest absolute Gasteiger partial charge is 0.266 e. The number of para-hydroxylation sites is 1. The molecule has 1 atom stereocenters. The number of thiocarbonyl (C=S) groups is 1. The first-order valence-electron chi connectivity index (χ1n) is 8.30. The molecule has 138 valence electrons. The van der Waals surface area contributed by atoms with Crippen LogP contribution in [0.25, 0.3) is 6.08 Å². The van der Waals surface area contributed by atoms with Gasteiger partial charge >= 0.3 is 0 Å². The van der Waals surface area contributed by atoms with Gasteiger partial charge in [-0.15, -0.1) is 0 Å². The molecule has 0 aliphatic carbocycles. The molecule has 1 amide bonds. The molecule has 0 spiro atoms. The number of benzene rings is 1. The summed E-state index contributed by atoms with van der Waals surface area (Å²) in [6.45, 7) is 5.91. The number of rotatable bonds is 9. The fourth-order valence-corrected chi connectivity index (χ4v) is 3.87. The van der Waals surface area contributed by atoms with Crippen molar-refractivity contribution in [2.24, 2.45) is 0 Å². The maximum absolute atomic E-state index is 12.8. The van der Waals surface area contributed by atoms with Crippen molar-refractivity contribution < 1.29 is 19.4 Å². The molecule has 26 heavy (non-hydrogen) atoms. The van der Waals surface area contributed by atoms with Crippen molar-refractivity contribution in [2.45, 2.75) is 32.2 Å². The van der Waals surface area contributed by atoms with Gasteiger partial charge in [-0.25, -0.2) is 0 Å². The predicted octanol–water partition coefficient (Wildman–Crippen LogP) is 2.76. The average Bonchev–Trinajstić information content (AvgIpc) is 2.89. The SMILES string of the molecule is C=CCOc1ccccc1/C=C1\SC(=S)N([C@@H](CCCC)C(=O)[O-])C1=O. The minimum absolute atomic E-state index is 0.232. The first kappa shape index (κ1) is 20.2. The Bertz CT molecular complexity index is 745. The first-order valence-corrected chi connectivity index (χ1v) is 9.52. The number of aliphatic carboxylic acids is 1. The zero-order chi connectivity index (χ0) is 19.1. The lowest BCUT2D eigenvalue weighted by atomic mass is 10.1. The lowest BCUT2D eigenvalue weighted by Crippen LogP contribution is -2.49. The van der Waals surface area contributed by atoms with Gasteiger partial charge in [0.25, 0.3) is 5.91 Å². The molecule has 0 radical (unpaired) electrons. The topological polar surface area (TPSA) is 69.7 Å². The highest BCUT2D eigenvalue weighted by molar-refractivity contribution is 8.26. The summed E-state index contributed by atoms with van der Waals surface area (Å²) in [7, 11) is 0. The molecule has 0 saturated carbocycles. The van der Waals surface area contributed by atoms with E-state index in [0.717, 1.165) is 23.1 Å². The Balaban J connectivity index is 2.29. The molecule has 1 aromatic carbocycles. The van der Waals surface area contributed by atoms with Crippen molar-refractivity contribution in [3.63, 3.8) is 0 Å². The fraction of sp³-hybridized carbons (Fsp3) is 0.316. The maximum atomic E-state index is 12.8. The van der Waals surface area contributed by atoms with E-state index in [-0.39, 0.29) is 4.32 Å². The second-order valence-electron chi connectivity index (χ2n) is 5.67. The summed E-state index contributed by atoms with van der Waals surface area (Å²) in [5.41, 5.74) is 0.716. The Hall–Kier alpha value is -2.12. The molecule has 1 heterocycles. The van der Waals surface area contributed by atoms with Gasteiger partial charge in [0.15, 0.2) is 0 Å². The molecule has 1 saturated heterocycles. The third-order valence-corrected chi connectivity index (χ3v) is 5.13. The minimum atomic E-state index is -1.29. The van der Waals surface area contributed by atoms with Crippen molar-refractivity contribution in [1.29, 1.82) is 0 Å². The third kappa shape index (κ3) is 4.74. The van der Waals surface area contributed by atoms with Crippen LogP contribution < -0.4 is 9.84 Å². The van der Waals surface area contributed by atoms with Crippen molar-refractivity contribution in [2.75, 3.05) is 6.61 Å². The molecule has 1 aromatic rings. The Labute approximate surface area is 162 Å². The van der Waals surface area contributed by atoms with Crippen LogP contribution in [-0.2, 0) is 9.59 Å². The summed E-state index contributed by atoms with van der Waals surface area (Å²) in [6, 6.07) is 6.23. The molecule has 0 bridgehead atoms. The number of hydrogen-bond acceptors (Lipinski definition) is 6. The van der Waals surface area contributed by atoms with Crippen LogP contribution in [0, 0.1) is 0 Å². The zero-order valence-electron chi connectivity index (χ0n) is 14.5. The molecule has 1 aliphatic rings. The molecule has 1 aliphatic heterocycles. The van der Waals surface area contributed by atoms with Crippen LogP contribution in [-0.4, -0.2) is 33.7 Å². The fourth-order valence-electron chi connectivity index (χ4n) is 2.52. The van der Waals surface area contributed by atoms with E-state index in [1.54, 1.807) is 18.2 Å². The van der Waals surface area contributed by atoms with E-state index >= 15 is 0 Å². The summed E-state index contributed by atoms with van der Waals surface area (Å²) < 4.78 is 5.82. The van der Waals surface area contributed by atoms with Crippen LogP contribution in [0.5, 0.6) is 5.75 Å². The van der Waals surface area contributed by atoms with Gasteiger partial charge in [0.05, 0.1) is 16.9 Å². The second-order valence-corrected chi connectivity index (χ2v) is 7.34. The van der Waals surface area contributed by atoms with E-state index in [1.165, 1.54) is 0 Å². The molecule has 0 N–H and O–H groups in total. The maximum Gasteiger partial charge on any atom is 0.266 e. The van der Waals surface area contributed by atoms with Crippen molar-refractivity contribution in [3.05, 3.63) is 47.4 Å². The van der Waals surface area contributed by atoms with Crippen LogP contribution in [0.4, 0.5) is 0 Å². The lowest BCUT2D eigenvalue weighted by Gasteiger charge is -2.27. The minimum Gasteiger partial charge on any atom is -0.548 e. The van der Waals surface area contributed by atoms with Gasteiger partial charge in [-0.1, -0.05) is 74.6 Å². The quantitative estimate of drug-likeness (QED) is 0.367. The number of carboxylic acid groups (broad SMARTS) is 1. The Morgan fingerprint density at radius 1 is 1.46 bits per heavy atom. The van der Waals surface area contributed by atoms with Crippen molar-refractivity contribution >= 4 is 46.3 Å². The number of carboxylic acids is 1.